The van der Waals surface area contributed by atoms with Crippen molar-refractivity contribution in [2.45, 2.75) is 6.54 Å². The summed E-state index contributed by atoms with van der Waals surface area (Å²) in [5, 5.41) is 9.66. The monoisotopic (exact) mass is 285 g/mol. The van der Waals surface area contributed by atoms with E-state index in [9.17, 15) is 9.18 Å². The van der Waals surface area contributed by atoms with Gasteiger partial charge in [-0.25, -0.2) is 9.37 Å². The van der Waals surface area contributed by atoms with E-state index >= 15 is 0 Å². The van der Waals surface area contributed by atoms with Crippen LogP contribution in [0.2, 0.25) is 0 Å². The third-order valence-electron chi connectivity index (χ3n) is 1.74. The molecule has 0 saturated heterocycles. The van der Waals surface area contributed by atoms with Gasteiger partial charge in [0.25, 0.3) is 0 Å². The van der Waals surface area contributed by atoms with Gasteiger partial charge in [-0.15, -0.1) is 0 Å². The van der Waals surface area contributed by atoms with Crippen LogP contribution in [0.15, 0.2) is 28.6 Å². The predicted molar refractivity (Wildman–Crippen MR) is 61.7 cm³/mol. The molecule has 84 valence electrons. The van der Waals surface area contributed by atoms with Crippen LogP contribution in [0.5, 0.6) is 0 Å². The van der Waals surface area contributed by atoms with Gasteiger partial charge >= 0.3 is 0 Å². The number of aromatic nitrogens is 1. The van der Waals surface area contributed by atoms with Crippen molar-refractivity contribution in [3.8, 4) is 0 Å². The maximum Gasteiger partial charge on any atom is 0.153 e. The van der Waals surface area contributed by atoms with Gasteiger partial charge in [0.1, 0.15) is 10.4 Å². The van der Waals surface area contributed by atoms with Gasteiger partial charge in [0, 0.05) is 30.1 Å². The van der Waals surface area contributed by atoms with Crippen LogP contribution >= 0.6 is 15.9 Å². The van der Waals surface area contributed by atoms with Crippen LogP contribution < -0.4 is 5.32 Å². The van der Waals surface area contributed by atoms with E-state index in [1.54, 1.807) is 0 Å². The summed E-state index contributed by atoms with van der Waals surface area (Å²) in [6, 6.07) is 1.34. The van der Waals surface area contributed by atoms with Gasteiger partial charge in [0.15, 0.2) is 6.29 Å². The van der Waals surface area contributed by atoms with Crippen LogP contribution in [0.3, 0.4) is 0 Å². The third kappa shape index (κ3) is 3.54. The van der Waals surface area contributed by atoms with E-state index in [4.69, 9.17) is 5.41 Å². The first kappa shape index (κ1) is 12.5. The van der Waals surface area contributed by atoms with Gasteiger partial charge < -0.3 is 10.7 Å². The zero-order valence-corrected chi connectivity index (χ0v) is 9.79. The van der Waals surface area contributed by atoms with Gasteiger partial charge in [0.05, 0.1) is 6.20 Å². The highest BCUT2D eigenvalue weighted by molar-refractivity contribution is 9.10. The topological polar surface area (TPSA) is 65.8 Å². The Morgan fingerprint density at radius 1 is 1.69 bits per heavy atom. The molecule has 16 heavy (non-hydrogen) atoms. The molecule has 0 atom stereocenters. The Bertz CT molecular complexity index is 424. The molecule has 0 amide bonds. The zero-order valence-electron chi connectivity index (χ0n) is 8.21. The molecule has 0 unspecified atom stereocenters. The molecule has 6 heteroatoms. The summed E-state index contributed by atoms with van der Waals surface area (Å²) in [4.78, 5) is 14.1. The lowest BCUT2D eigenvalue weighted by atomic mass is 10.3. The fraction of sp³-hybridized carbons (Fsp3) is 0.100. The Labute approximate surface area is 100 Å². The molecule has 0 aromatic carbocycles. The van der Waals surface area contributed by atoms with Crippen LogP contribution in [-0.4, -0.2) is 17.5 Å². The van der Waals surface area contributed by atoms with Gasteiger partial charge in [-0.05, 0) is 22.0 Å². The highest BCUT2D eigenvalue weighted by Crippen LogP contribution is 2.14. The molecule has 0 fully saturated rings. The molecule has 0 bridgehead atoms. The van der Waals surface area contributed by atoms with Crippen LogP contribution in [-0.2, 0) is 11.3 Å². The van der Waals surface area contributed by atoms with E-state index in [0.717, 1.165) is 12.4 Å². The fourth-order valence-corrected chi connectivity index (χ4v) is 1.33. The second kappa shape index (κ2) is 6.12. The average molecular weight is 286 g/mol. The lowest BCUT2D eigenvalue weighted by molar-refractivity contribution is -0.104. The van der Waals surface area contributed by atoms with Crippen molar-refractivity contribution in [1.82, 2.24) is 10.3 Å². The lowest BCUT2D eigenvalue weighted by Crippen LogP contribution is -2.08. The Morgan fingerprint density at radius 2 is 2.44 bits per heavy atom. The Hall–Kier alpha value is -1.56. The SMILES string of the molecule is N=C/C(C=O)=C\NCc1cc(F)cnc1Br. The lowest BCUT2D eigenvalue weighted by Gasteiger charge is -2.03. The zero-order chi connectivity index (χ0) is 12.0. The second-order valence-corrected chi connectivity index (χ2v) is 3.64. The first-order chi connectivity index (χ1) is 7.67. The number of nitrogens with zero attached hydrogens (tertiary/aromatic N) is 1. The molecule has 0 aliphatic heterocycles. The van der Waals surface area contributed by atoms with Crippen LogP contribution in [0.25, 0.3) is 0 Å². The minimum atomic E-state index is -0.424. The number of allylic oxidation sites excluding steroid dienone is 1. The minimum Gasteiger partial charge on any atom is -0.386 e. The molecule has 1 rings (SSSR count). The van der Waals surface area contributed by atoms with Crippen molar-refractivity contribution in [3.63, 3.8) is 0 Å². The van der Waals surface area contributed by atoms with E-state index in [2.05, 4.69) is 26.2 Å². The number of nitrogens with one attached hydrogen (secondary N) is 2. The Kier molecular flexibility index (Phi) is 4.78. The fourth-order valence-electron chi connectivity index (χ4n) is 0.977. The van der Waals surface area contributed by atoms with Gasteiger partial charge in [-0.1, -0.05) is 0 Å². The largest absolute Gasteiger partial charge is 0.386 e. The normalized spacial score (nSPS) is 11.0. The molecule has 0 saturated carbocycles. The van der Waals surface area contributed by atoms with Crippen molar-refractivity contribution in [2.75, 3.05) is 0 Å². The summed E-state index contributed by atoms with van der Waals surface area (Å²) >= 11 is 3.18. The molecule has 2 N–H and O–H groups in total. The molecule has 0 aliphatic rings. The van der Waals surface area contributed by atoms with E-state index in [1.807, 2.05) is 0 Å². The standard InChI is InChI=1S/C10H9BrFN3O/c11-10-8(1-9(12)5-15-10)4-14-3-7(2-13)6-16/h1-3,5-6,13-14H,4H2/b7-3+,13-2?. The van der Waals surface area contributed by atoms with Crippen LogP contribution in [0.4, 0.5) is 4.39 Å². The first-order valence-electron chi connectivity index (χ1n) is 4.36. The van der Waals surface area contributed by atoms with Crippen molar-refractivity contribution >= 4 is 28.4 Å². The first-order valence-corrected chi connectivity index (χ1v) is 5.15. The number of rotatable bonds is 5. The Balaban J connectivity index is 2.67. The molecule has 1 aromatic rings. The summed E-state index contributed by atoms with van der Waals surface area (Å²) in [5.41, 5.74) is 0.840. The van der Waals surface area contributed by atoms with Gasteiger partial charge in [0.2, 0.25) is 0 Å². The molecule has 1 aromatic heterocycles. The van der Waals surface area contributed by atoms with Gasteiger partial charge in [-0.2, -0.15) is 0 Å². The molecule has 0 radical (unpaired) electrons. The maximum absolute atomic E-state index is 12.8. The summed E-state index contributed by atoms with van der Waals surface area (Å²) in [6.07, 6.45) is 3.98. The highest BCUT2D eigenvalue weighted by Gasteiger charge is 2.01. The number of hydrogen-bond acceptors (Lipinski definition) is 4. The molecule has 4 nitrogen and oxygen atoms in total. The predicted octanol–water partition coefficient (Wildman–Crippen LogP) is 1.81. The summed E-state index contributed by atoms with van der Waals surface area (Å²) < 4.78 is 13.4. The van der Waals surface area contributed by atoms with Crippen molar-refractivity contribution in [3.05, 3.63) is 40.0 Å². The number of aldehydes is 1. The van der Waals surface area contributed by atoms with E-state index in [0.29, 0.717) is 23.0 Å². The minimum absolute atomic E-state index is 0.209. The van der Waals surface area contributed by atoms with E-state index in [-0.39, 0.29) is 5.57 Å². The molecular formula is C10H9BrFN3O. The van der Waals surface area contributed by atoms with Crippen molar-refractivity contribution in [2.24, 2.45) is 0 Å². The smallest absolute Gasteiger partial charge is 0.153 e. The summed E-state index contributed by atoms with van der Waals surface area (Å²) in [6.45, 7) is 0.316. The Morgan fingerprint density at radius 3 is 3.06 bits per heavy atom. The molecular weight excluding hydrogens is 277 g/mol. The van der Waals surface area contributed by atoms with E-state index < -0.39 is 5.82 Å². The number of halogens is 2. The molecule has 1 heterocycles. The van der Waals surface area contributed by atoms with E-state index in [1.165, 1.54) is 12.3 Å². The second-order valence-electron chi connectivity index (χ2n) is 2.89. The van der Waals surface area contributed by atoms with Crippen molar-refractivity contribution in [1.29, 1.82) is 5.41 Å². The number of carbonyl (C=O) groups is 1. The van der Waals surface area contributed by atoms with Crippen LogP contribution in [0.1, 0.15) is 5.56 Å². The number of hydrogen-bond donors (Lipinski definition) is 2. The van der Waals surface area contributed by atoms with Crippen LogP contribution in [0, 0.1) is 11.2 Å². The number of pyridine rings is 1. The summed E-state index contributed by atoms with van der Waals surface area (Å²) in [7, 11) is 0. The van der Waals surface area contributed by atoms with Crippen molar-refractivity contribution < 1.29 is 9.18 Å². The quantitative estimate of drug-likeness (QED) is 0.375. The summed E-state index contributed by atoms with van der Waals surface area (Å²) in [5.74, 6) is -0.424. The molecule has 0 aliphatic carbocycles. The van der Waals surface area contributed by atoms with Gasteiger partial charge in [-0.3, -0.25) is 4.79 Å². The maximum atomic E-state index is 12.8. The number of carbonyl (C=O) groups excluding carboxylic acids is 1. The highest BCUT2D eigenvalue weighted by atomic mass is 79.9. The molecule has 0 spiro atoms. The average Bonchev–Trinajstić information content (AvgIpc) is 2.29. The third-order valence-corrected chi connectivity index (χ3v) is 2.46.